The summed E-state index contributed by atoms with van der Waals surface area (Å²) in [5, 5.41) is 5.81. The number of hydrogen-bond acceptors (Lipinski definition) is 3. The minimum atomic E-state index is 0.518. The van der Waals surface area contributed by atoms with Gasteiger partial charge in [0, 0.05) is 17.6 Å². The van der Waals surface area contributed by atoms with Crippen LogP contribution in [0.3, 0.4) is 0 Å². The van der Waals surface area contributed by atoms with Crippen LogP contribution >= 0.6 is 22.9 Å². The number of anilines is 1. The van der Waals surface area contributed by atoms with E-state index in [4.69, 9.17) is 11.6 Å². The zero-order chi connectivity index (χ0) is 9.80. The van der Waals surface area contributed by atoms with Gasteiger partial charge < -0.3 is 5.32 Å². The van der Waals surface area contributed by atoms with E-state index >= 15 is 0 Å². The van der Waals surface area contributed by atoms with Gasteiger partial charge in [0.15, 0.2) is 5.15 Å². The first-order chi connectivity index (χ1) is 6.86. The predicted octanol–water partition coefficient (Wildman–Crippen LogP) is 3.41. The molecule has 0 radical (unpaired) electrons. The fourth-order valence-corrected chi connectivity index (χ4v) is 1.94. The third kappa shape index (κ3) is 2.25. The van der Waals surface area contributed by atoms with E-state index in [0.29, 0.717) is 5.15 Å². The molecule has 0 atom stereocenters. The molecule has 0 unspecified atom stereocenters. The summed E-state index contributed by atoms with van der Waals surface area (Å²) < 4.78 is 0. The Morgan fingerprint density at radius 1 is 1.36 bits per heavy atom. The normalized spacial score (nSPS) is 10.1. The number of rotatable bonds is 3. The second-order valence-electron chi connectivity index (χ2n) is 2.77. The number of nitrogens with one attached hydrogen (secondary N) is 1. The van der Waals surface area contributed by atoms with Gasteiger partial charge in [0.1, 0.15) is 0 Å². The summed E-state index contributed by atoms with van der Waals surface area (Å²) in [7, 11) is 0. The van der Waals surface area contributed by atoms with Crippen LogP contribution < -0.4 is 5.32 Å². The van der Waals surface area contributed by atoms with Crippen LogP contribution in [0.1, 0.15) is 4.88 Å². The summed E-state index contributed by atoms with van der Waals surface area (Å²) in [5.41, 5.74) is 0.877. The summed E-state index contributed by atoms with van der Waals surface area (Å²) in [6.45, 7) is 0.795. The molecule has 72 valence electrons. The maximum atomic E-state index is 5.89. The highest BCUT2D eigenvalue weighted by molar-refractivity contribution is 7.09. The molecule has 0 aliphatic rings. The summed E-state index contributed by atoms with van der Waals surface area (Å²) in [4.78, 5) is 5.27. The number of pyridine rings is 1. The average molecular weight is 225 g/mol. The first-order valence-electron chi connectivity index (χ1n) is 4.23. The van der Waals surface area contributed by atoms with Crippen LogP contribution in [0.15, 0.2) is 35.8 Å². The van der Waals surface area contributed by atoms with E-state index in [-0.39, 0.29) is 0 Å². The van der Waals surface area contributed by atoms with Crippen molar-refractivity contribution in [3.8, 4) is 0 Å². The molecular formula is C10H9ClN2S. The SMILES string of the molecule is Clc1ncccc1NCc1cccs1. The first kappa shape index (κ1) is 9.49. The van der Waals surface area contributed by atoms with Crippen molar-refractivity contribution in [2.24, 2.45) is 0 Å². The fourth-order valence-electron chi connectivity index (χ4n) is 1.11. The Hall–Kier alpha value is -1.06. The third-order valence-electron chi connectivity index (χ3n) is 1.79. The largest absolute Gasteiger partial charge is 0.378 e. The molecule has 0 spiro atoms. The lowest BCUT2D eigenvalue weighted by Gasteiger charge is -2.05. The van der Waals surface area contributed by atoms with E-state index in [9.17, 15) is 0 Å². The molecule has 0 saturated carbocycles. The number of thiophene rings is 1. The van der Waals surface area contributed by atoms with Crippen LogP contribution in [-0.4, -0.2) is 4.98 Å². The van der Waals surface area contributed by atoms with Gasteiger partial charge in [-0.1, -0.05) is 17.7 Å². The monoisotopic (exact) mass is 224 g/mol. The molecule has 0 aromatic carbocycles. The van der Waals surface area contributed by atoms with Gasteiger partial charge in [0.25, 0.3) is 0 Å². The zero-order valence-corrected chi connectivity index (χ0v) is 8.98. The third-order valence-corrected chi connectivity index (χ3v) is 2.97. The van der Waals surface area contributed by atoms with Crippen molar-refractivity contribution in [3.05, 3.63) is 45.9 Å². The van der Waals surface area contributed by atoms with Gasteiger partial charge in [-0.3, -0.25) is 0 Å². The van der Waals surface area contributed by atoms with Crippen LogP contribution in [-0.2, 0) is 6.54 Å². The summed E-state index contributed by atoms with van der Waals surface area (Å²) in [5.74, 6) is 0. The molecule has 14 heavy (non-hydrogen) atoms. The molecular weight excluding hydrogens is 216 g/mol. The van der Waals surface area contributed by atoms with E-state index in [1.165, 1.54) is 4.88 Å². The second-order valence-corrected chi connectivity index (χ2v) is 4.16. The molecule has 2 aromatic rings. The highest BCUT2D eigenvalue weighted by Crippen LogP contribution is 2.19. The van der Waals surface area contributed by atoms with Crippen molar-refractivity contribution in [2.75, 3.05) is 5.32 Å². The van der Waals surface area contributed by atoms with Crippen LogP contribution in [0.4, 0.5) is 5.69 Å². The molecule has 0 bridgehead atoms. The Morgan fingerprint density at radius 2 is 2.29 bits per heavy atom. The van der Waals surface area contributed by atoms with E-state index < -0.39 is 0 Å². The van der Waals surface area contributed by atoms with Crippen molar-refractivity contribution >= 4 is 28.6 Å². The molecule has 2 rings (SSSR count). The van der Waals surface area contributed by atoms with Gasteiger partial charge in [-0.15, -0.1) is 11.3 Å². The van der Waals surface area contributed by atoms with Gasteiger partial charge in [-0.25, -0.2) is 4.98 Å². The second kappa shape index (κ2) is 4.44. The topological polar surface area (TPSA) is 24.9 Å². The van der Waals surface area contributed by atoms with Crippen molar-refractivity contribution in [1.82, 2.24) is 4.98 Å². The maximum Gasteiger partial charge on any atom is 0.152 e. The standard InChI is InChI=1S/C10H9ClN2S/c11-10-9(4-1-5-12-10)13-7-8-3-2-6-14-8/h1-6,13H,7H2. The molecule has 0 fully saturated rings. The van der Waals surface area contributed by atoms with Gasteiger partial charge in [-0.2, -0.15) is 0 Å². The first-order valence-corrected chi connectivity index (χ1v) is 5.49. The molecule has 4 heteroatoms. The lowest BCUT2D eigenvalue weighted by atomic mass is 10.4. The van der Waals surface area contributed by atoms with E-state index in [1.807, 2.05) is 18.2 Å². The van der Waals surface area contributed by atoms with Crippen LogP contribution in [0, 0.1) is 0 Å². The van der Waals surface area contributed by atoms with Crippen LogP contribution in [0.5, 0.6) is 0 Å². The van der Waals surface area contributed by atoms with Crippen LogP contribution in [0.2, 0.25) is 5.15 Å². The smallest absolute Gasteiger partial charge is 0.152 e. The van der Waals surface area contributed by atoms with E-state index in [0.717, 1.165) is 12.2 Å². The minimum Gasteiger partial charge on any atom is -0.378 e. The molecule has 2 aromatic heterocycles. The Labute approximate surface area is 91.6 Å². The fraction of sp³-hybridized carbons (Fsp3) is 0.100. The van der Waals surface area contributed by atoms with Gasteiger partial charge in [0.05, 0.1) is 5.69 Å². The Balaban J connectivity index is 2.02. The lowest BCUT2D eigenvalue weighted by molar-refractivity contribution is 1.17. The minimum absolute atomic E-state index is 0.518. The van der Waals surface area contributed by atoms with E-state index in [1.54, 1.807) is 17.5 Å². The summed E-state index contributed by atoms with van der Waals surface area (Å²) >= 11 is 7.62. The number of halogens is 1. The van der Waals surface area contributed by atoms with Crippen molar-refractivity contribution in [1.29, 1.82) is 0 Å². The van der Waals surface area contributed by atoms with Gasteiger partial charge in [-0.05, 0) is 23.6 Å². The molecule has 2 heterocycles. The Morgan fingerprint density at radius 3 is 3.00 bits per heavy atom. The summed E-state index contributed by atoms with van der Waals surface area (Å²) in [6.07, 6.45) is 1.68. The molecule has 1 N–H and O–H groups in total. The predicted molar refractivity (Wildman–Crippen MR) is 60.9 cm³/mol. The molecule has 0 saturated heterocycles. The molecule has 0 aliphatic carbocycles. The maximum absolute atomic E-state index is 5.89. The van der Waals surface area contributed by atoms with Crippen molar-refractivity contribution in [2.45, 2.75) is 6.54 Å². The molecule has 2 nitrogen and oxygen atoms in total. The average Bonchev–Trinajstić information content (AvgIpc) is 2.69. The Kier molecular flexibility index (Phi) is 3.01. The molecule has 0 amide bonds. The van der Waals surface area contributed by atoms with Crippen molar-refractivity contribution < 1.29 is 0 Å². The molecule has 0 aliphatic heterocycles. The van der Waals surface area contributed by atoms with Gasteiger partial charge >= 0.3 is 0 Å². The number of hydrogen-bond donors (Lipinski definition) is 1. The Bertz CT molecular complexity index is 400. The highest BCUT2D eigenvalue weighted by atomic mass is 35.5. The van der Waals surface area contributed by atoms with Crippen molar-refractivity contribution in [3.63, 3.8) is 0 Å². The van der Waals surface area contributed by atoms with Gasteiger partial charge in [0.2, 0.25) is 0 Å². The quantitative estimate of drug-likeness (QED) is 0.809. The zero-order valence-electron chi connectivity index (χ0n) is 7.40. The highest BCUT2D eigenvalue weighted by Gasteiger charge is 1.99. The number of nitrogens with zero attached hydrogens (tertiary/aromatic N) is 1. The summed E-state index contributed by atoms with van der Waals surface area (Å²) in [6, 6.07) is 7.90. The number of aromatic nitrogens is 1. The van der Waals surface area contributed by atoms with E-state index in [2.05, 4.69) is 21.7 Å². The van der Waals surface area contributed by atoms with Crippen LogP contribution in [0.25, 0.3) is 0 Å². The lowest BCUT2D eigenvalue weighted by Crippen LogP contribution is -1.98.